The fourth-order valence-electron chi connectivity index (χ4n) is 3.54. The van der Waals surface area contributed by atoms with Gasteiger partial charge < -0.3 is 14.2 Å². The van der Waals surface area contributed by atoms with E-state index in [9.17, 15) is 4.79 Å². The summed E-state index contributed by atoms with van der Waals surface area (Å²) in [5, 5.41) is 8.46. The number of azo groups is 1. The molecule has 0 aromatic heterocycles. The number of carbonyl (C=O) groups excluding carboxylic acids is 1. The highest BCUT2D eigenvalue weighted by Crippen LogP contribution is 2.23. The Hall–Kier alpha value is -2.89. The summed E-state index contributed by atoms with van der Waals surface area (Å²) in [6.45, 7) is 0.629. The largest absolute Gasteiger partial charge is 0.497 e. The van der Waals surface area contributed by atoms with E-state index in [2.05, 4.69) is 10.2 Å². The molecule has 0 aliphatic heterocycles. The van der Waals surface area contributed by atoms with E-state index in [1.165, 1.54) is 19.3 Å². The van der Waals surface area contributed by atoms with Crippen molar-refractivity contribution in [2.75, 3.05) is 13.7 Å². The Morgan fingerprint density at radius 2 is 1.45 bits per heavy atom. The molecular weight excluding hydrogens is 392 g/mol. The third-order valence-corrected chi connectivity index (χ3v) is 5.33. The zero-order valence-corrected chi connectivity index (χ0v) is 18.3. The van der Waals surface area contributed by atoms with Crippen LogP contribution in [0, 0.1) is 0 Å². The molecule has 0 spiro atoms. The van der Waals surface area contributed by atoms with Gasteiger partial charge in [0, 0.05) is 6.42 Å². The number of methoxy groups -OCH3 is 1. The zero-order chi connectivity index (χ0) is 21.7. The van der Waals surface area contributed by atoms with Gasteiger partial charge in [-0.25, -0.2) is 0 Å². The minimum absolute atomic E-state index is 0.0489. The first-order chi connectivity index (χ1) is 15.2. The Morgan fingerprint density at radius 3 is 2.06 bits per heavy atom. The van der Waals surface area contributed by atoms with Crippen LogP contribution >= 0.6 is 0 Å². The lowest BCUT2D eigenvalue weighted by Crippen LogP contribution is -2.20. The molecule has 0 heterocycles. The van der Waals surface area contributed by atoms with Crippen molar-refractivity contribution in [3.8, 4) is 11.5 Å². The Bertz CT molecular complexity index is 812. The van der Waals surface area contributed by atoms with Gasteiger partial charge in [-0.15, -0.1) is 0 Å². The van der Waals surface area contributed by atoms with Crippen LogP contribution in [0.3, 0.4) is 0 Å². The summed E-state index contributed by atoms with van der Waals surface area (Å²) in [5.74, 6) is 1.55. The van der Waals surface area contributed by atoms with E-state index in [4.69, 9.17) is 14.2 Å². The molecule has 0 amide bonds. The molecule has 6 heteroatoms. The lowest BCUT2D eigenvalue weighted by molar-refractivity contribution is -0.150. The van der Waals surface area contributed by atoms with Crippen molar-refractivity contribution >= 4 is 17.3 Å². The predicted molar refractivity (Wildman–Crippen MR) is 121 cm³/mol. The highest BCUT2D eigenvalue weighted by molar-refractivity contribution is 5.69. The van der Waals surface area contributed by atoms with Crippen molar-refractivity contribution in [1.29, 1.82) is 0 Å². The Kier molecular flexibility index (Phi) is 9.35. The van der Waals surface area contributed by atoms with Crippen LogP contribution in [-0.4, -0.2) is 25.8 Å². The molecule has 0 saturated heterocycles. The lowest BCUT2D eigenvalue weighted by atomic mass is 9.98. The van der Waals surface area contributed by atoms with Crippen LogP contribution in [0.4, 0.5) is 11.4 Å². The van der Waals surface area contributed by atoms with Crippen LogP contribution in [-0.2, 0) is 9.53 Å². The minimum atomic E-state index is -0.0489. The van der Waals surface area contributed by atoms with Gasteiger partial charge in [0.15, 0.2) is 0 Å². The van der Waals surface area contributed by atoms with Gasteiger partial charge in [0.05, 0.1) is 25.1 Å². The van der Waals surface area contributed by atoms with Crippen LogP contribution in [0.25, 0.3) is 0 Å². The van der Waals surface area contributed by atoms with Crippen LogP contribution in [0.15, 0.2) is 58.8 Å². The van der Waals surface area contributed by atoms with Gasteiger partial charge in [-0.2, -0.15) is 10.2 Å². The molecule has 31 heavy (non-hydrogen) atoms. The van der Waals surface area contributed by atoms with Gasteiger partial charge in [-0.3, -0.25) is 4.79 Å². The zero-order valence-electron chi connectivity index (χ0n) is 18.3. The number of unbranched alkanes of at least 4 members (excludes halogenated alkanes) is 2. The molecule has 3 rings (SSSR count). The minimum Gasteiger partial charge on any atom is -0.497 e. The smallest absolute Gasteiger partial charge is 0.306 e. The van der Waals surface area contributed by atoms with Crippen molar-refractivity contribution < 1.29 is 19.0 Å². The third-order valence-electron chi connectivity index (χ3n) is 5.33. The van der Waals surface area contributed by atoms with Gasteiger partial charge in [0.2, 0.25) is 0 Å². The lowest BCUT2D eigenvalue weighted by Gasteiger charge is -2.21. The molecule has 1 saturated carbocycles. The molecule has 1 fully saturated rings. The maximum Gasteiger partial charge on any atom is 0.306 e. The van der Waals surface area contributed by atoms with Gasteiger partial charge >= 0.3 is 5.97 Å². The summed E-state index contributed by atoms with van der Waals surface area (Å²) < 4.78 is 16.5. The van der Waals surface area contributed by atoms with E-state index in [0.29, 0.717) is 13.0 Å². The average Bonchev–Trinajstić information content (AvgIpc) is 2.81. The van der Waals surface area contributed by atoms with E-state index in [1.54, 1.807) is 7.11 Å². The Labute approximate surface area is 184 Å². The molecule has 2 aromatic carbocycles. The average molecular weight is 425 g/mol. The van der Waals surface area contributed by atoms with Crippen LogP contribution in [0.5, 0.6) is 11.5 Å². The molecule has 1 aliphatic rings. The number of hydrogen-bond donors (Lipinski definition) is 0. The molecule has 6 nitrogen and oxygen atoms in total. The van der Waals surface area contributed by atoms with E-state index in [-0.39, 0.29) is 12.1 Å². The summed E-state index contributed by atoms with van der Waals surface area (Å²) >= 11 is 0. The number of hydrogen-bond acceptors (Lipinski definition) is 6. The summed E-state index contributed by atoms with van der Waals surface area (Å²) in [7, 11) is 1.63. The van der Waals surface area contributed by atoms with Crippen LogP contribution < -0.4 is 9.47 Å². The molecule has 0 unspecified atom stereocenters. The Balaban J connectivity index is 1.28. The normalized spacial score (nSPS) is 14.5. The molecule has 1 aliphatic carbocycles. The Morgan fingerprint density at radius 1 is 0.839 bits per heavy atom. The number of rotatable bonds is 11. The molecular formula is C25H32N2O4. The SMILES string of the molecule is COc1ccc(N=Nc2ccc(OCCCCCC(=O)OC3CCCCC3)cc2)cc1. The topological polar surface area (TPSA) is 69.5 Å². The monoisotopic (exact) mass is 424 g/mol. The highest BCUT2D eigenvalue weighted by atomic mass is 16.5. The van der Waals surface area contributed by atoms with Crippen molar-refractivity contribution in [2.24, 2.45) is 10.2 Å². The number of nitrogens with zero attached hydrogens (tertiary/aromatic N) is 2. The number of esters is 1. The van der Waals surface area contributed by atoms with Crippen molar-refractivity contribution in [3.63, 3.8) is 0 Å². The molecule has 0 bridgehead atoms. The first-order valence-electron chi connectivity index (χ1n) is 11.2. The van der Waals surface area contributed by atoms with Gasteiger partial charge in [-0.1, -0.05) is 6.42 Å². The maximum atomic E-state index is 11.9. The third kappa shape index (κ3) is 8.40. The quantitative estimate of drug-likeness (QED) is 0.223. The standard InChI is InChI=1S/C25H32N2O4/c1-29-22-15-11-20(12-16-22)26-27-21-13-17-23(18-14-21)30-19-7-3-6-10-25(28)31-24-8-4-2-5-9-24/h11-18,24H,2-10,19H2,1H3. The second kappa shape index (κ2) is 12.7. The maximum absolute atomic E-state index is 11.9. The van der Waals surface area contributed by atoms with Crippen molar-refractivity contribution in [1.82, 2.24) is 0 Å². The summed E-state index contributed by atoms with van der Waals surface area (Å²) in [6.07, 6.45) is 9.06. The van der Waals surface area contributed by atoms with E-state index < -0.39 is 0 Å². The van der Waals surface area contributed by atoms with Crippen molar-refractivity contribution in [3.05, 3.63) is 48.5 Å². The molecule has 0 radical (unpaired) electrons. The van der Waals surface area contributed by atoms with Gasteiger partial charge in [0.25, 0.3) is 0 Å². The van der Waals surface area contributed by atoms with E-state index >= 15 is 0 Å². The molecule has 0 N–H and O–H groups in total. The fraction of sp³-hybridized carbons (Fsp3) is 0.480. The van der Waals surface area contributed by atoms with Gasteiger partial charge in [0.1, 0.15) is 17.6 Å². The van der Waals surface area contributed by atoms with Crippen LogP contribution in [0.1, 0.15) is 57.8 Å². The fourth-order valence-corrected chi connectivity index (χ4v) is 3.54. The van der Waals surface area contributed by atoms with Crippen LogP contribution in [0.2, 0.25) is 0 Å². The summed E-state index contributed by atoms with van der Waals surface area (Å²) in [4.78, 5) is 11.9. The second-order valence-corrected chi connectivity index (χ2v) is 7.80. The van der Waals surface area contributed by atoms with E-state index in [1.807, 2.05) is 48.5 Å². The molecule has 0 atom stereocenters. The molecule has 166 valence electrons. The van der Waals surface area contributed by atoms with Gasteiger partial charge in [-0.05, 0) is 93.5 Å². The summed E-state index contributed by atoms with van der Waals surface area (Å²) in [5.41, 5.74) is 1.53. The number of benzene rings is 2. The number of ether oxygens (including phenoxy) is 3. The molecule has 2 aromatic rings. The second-order valence-electron chi connectivity index (χ2n) is 7.80. The first-order valence-corrected chi connectivity index (χ1v) is 11.2. The highest BCUT2D eigenvalue weighted by Gasteiger charge is 2.17. The predicted octanol–water partition coefficient (Wildman–Crippen LogP) is 6.93. The number of carbonyl (C=O) groups is 1. The van der Waals surface area contributed by atoms with E-state index in [0.717, 1.165) is 55.0 Å². The first kappa shape index (κ1) is 22.8. The van der Waals surface area contributed by atoms with Crippen molar-refractivity contribution in [2.45, 2.75) is 63.9 Å². The summed E-state index contributed by atoms with van der Waals surface area (Å²) in [6, 6.07) is 15.0.